The van der Waals surface area contributed by atoms with Crippen LogP contribution in [0.15, 0.2) is 12.1 Å². The highest BCUT2D eigenvalue weighted by molar-refractivity contribution is 6.08. The number of benzene rings is 1. The second-order valence-electron chi connectivity index (χ2n) is 10.0. The van der Waals surface area contributed by atoms with Crippen LogP contribution in [0.3, 0.4) is 0 Å². The van der Waals surface area contributed by atoms with Crippen molar-refractivity contribution >= 4 is 23.6 Å². The zero-order valence-electron chi connectivity index (χ0n) is 19.4. The molecule has 6 rings (SSSR count). The van der Waals surface area contributed by atoms with Crippen LogP contribution < -0.4 is 9.47 Å². The summed E-state index contributed by atoms with van der Waals surface area (Å²) in [6.07, 6.45) is 1.36. The van der Waals surface area contributed by atoms with Gasteiger partial charge in [0.15, 0.2) is 22.9 Å². The molecular formula is C25H27NO8. The predicted molar refractivity (Wildman–Crippen MR) is 116 cm³/mol. The molecule has 180 valence electrons. The largest absolute Gasteiger partial charge is 0.493 e. The Morgan fingerprint density at radius 3 is 2.50 bits per heavy atom. The van der Waals surface area contributed by atoms with E-state index in [2.05, 4.69) is 0 Å². The lowest BCUT2D eigenvalue weighted by molar-refractivity contribution is -0.224. The predicted octanol–water partition coefficient (Wildman–Crippen LogP) is 1.93. The lowest BCUT2D eigenvalue weighted by Gasteiger charge is -2.63. The molecule has 2 bridgehead atoms. The van der Waals surface area contributed by atoms with Gasteiger partial charge in [-0.2, -0.15) is 0 Å². The fourth-order valence-electron chi connectivity index (χ4n) is 7.06. The number of rotatable bonds is 4. The Labute approximate surface area is 196 Å². The Bertz CT molecular complexity index is 1140. The Kier molecular flexibility index (Phi) is 4.39. The molecule has 2 saturated carbocycles. The van der Waals surface area contributed by atoms with Crippen molar-refractivity contribution in [2.75, 3.05) is 13.7 Å². The molecule has 9 heteroatoms. The van der Waals surface area contributed by atoms with Crippen molar-refractivity contribution in [3.8, 4) is 11.5 Å². The minimum Gasteiger partial charge on any atom is -0.493 e. The van der Waals surface area contributed by atoms with Crippen LogP contribution in [0, 0.1) is 5.92 Å². The van der Waals surface area contributed by atoms with Gasteiger partial charge < -0.3 is 23.8 Å². The molecular weight excluding hydrogens is 442 g/mol. The molecule has 2 aliphatic heterocycles. The first-order valence-corrected chi connectivity index (χ1v) is 11.8. The number of hydrogen-bond donors (Lipinski definition) is 0. The van der Waals surface area contributed by atoms with Gasteiger partial charge in [-0.1, -0.05) is 0 Å². The maximum atomic E-state index is 14.1. The number of methoxy groups -OCH3 is 1. The summed E-state index contributed by atoms with van der Waals surface area (Å²) < 4.78 is 23.9. The van der Waals surface area contributed by atoms with Crippen molar-refractivity contribution < 1.29 is 38.1 Å². The first kappa shape index (κ1) is 21.4. The molecule has 5 atom stereocenters. The van der Waals surface area contributed by atoms with E-state index in [0.717, 1.165) is 12.8 Å². The fourth-order valence-corrected chi connectivity index (χ4v) is 7.06. The van der Waals surface area contributed by atoms with E-state index in [-0.39, 0.29) is 24.0 Å². The molecule has 2 heterocycles. The number of ketones is 1. The van der Waals surface area contributed by atoms with E-state index >= 15 is 0 Å². The van der Waals surface area contributed by atoms with Crippen molar-refractivity contribution in [2.45, 2.75) is 75.2 Å². The number of ether oxygens (including phenoxy) is 4. The number of amides is 1. The molecule has 0 N–H and O–H groups in total. The molecule has 9 nitrogen and oxygen atoms in total. The molecule has 34 heavy (non-hydrogen) atoms. The van der Waals surface area contributed by atoms with E-state index in [4.69, 9.17) is 18.9 Å². The average molecular weight is 469 g/mol. The molecule has 0 aromatic heterocycles. The van der Waals surface area contributed by atoms with Crippen LogP contribution in [0.2, 0.25) is 0 Å². The number of Topliss-reactive ketones (excluding diaryl/α,β-unsaturated/α-hetero) is 1. The van der Waals surface area contributed by atoms with Crippen LogP contribution in [-0.2, 0) is 29.3 Å². The maximum absolute atomic E-state index is 14.1. The number of carbonyl (C=O) groups is 4. The Morgan fingerprint density at radius 2 is 1.85 bits per heavy atom. The molecule has 1 aromatic carbocycles. The molecule has 1 unspecified atom stereocenters. The van der Waals surface area contributed by atoms with Gasteiger partial charge in [0, 0.05) is 37.4 Å². The van der Waals surface area contributed by atoms with Gasteiger partial charge in [-0.3, -0.25) is 19.2 Å². The molecule has 3 fully saturated rings. The minimum atomic E-state index is -1.31. The highest BCUT2D eigenvalue weighted by Gasteiger charge is 2.78. The number of piperidine rings is 1. The van der Waals surface area contributed by atoms with Crippen LogP contribution in [0.25, 0.3) is 0 Å². The Balaban J connectivity index is 1.62. The van der Waals surface area contributed by atoms with Crippen LogP contribution in [0.4, 0.5) is 0 Å². The summed E-state index contributed by atoms with van der Waals surface area (Å²) in [6, 6.07) is 2.44. The molecule has 5 aliphatic rings. The molecule has 1 amide bonds. The highest BCUT2D eigenvalue weighted by atomic mass is 16.6. The standard InChI is InChI=1S/C25H27NO8/c1-12(27)32-17-8-9-25(34-13(2)28)21-19(29)15-6-7-16(31-3)20-18(15)24(25,22(17)33-20)10-11-26(21)23(30)14-4-5-14/h6-7,14,17,21-22H,4-5,8-11H2,1-3H3/t17?,21-,22+,24+,25-/m1/s1. The van der Waals surface area contributed by atoms with Gasteiger partial charge in [0.05, 0.1) is 12.5 Å². The van der Waals surface area contributed by atoms with Gasteiger partial charge >= 0.3 is 11.9 Å². The summed E-state index contributed by atoms with van der Waals surface area (Å²) in [5.74, 6) is -0.468. The zero-order chi connectivity index (χ0) is 24.0. The normalized spacial score (nSPS) is 34.6. The number of nitrogens with zero attached hydrogens (tertiary/aromatic N) is 1. The second kappa shape index (κ2) is 6.96. The third-order valence-corrected chi connectivity index (χ3v) is 8.28. The summed E-state index contributed by atoms with van der Waals surface area (Å²) in [5.41, 5.74) is -1.17. The van der Waals surface area contributed by atoms with Crippen LogP contribution in [0.1, 0.15) is 61.9 Å². The van der Waals surface area contributed by atoms with Crippen LogP contribution in [-0.4, -0.2) is 66.0 Å². The minimum absolute atomic E-state index is 0.0607. The van der Waals surface area contributed by atoms with Crippen molar-refractivity contribution in [2.24, 2.45) is 5.92 Å². The average Bonchev–Trinajstić information content (AvgIpc) is 3.57. The Hall–Kier alpha value is -3.10. The first-order valence-electron chi connectivity index (χ1n) is 11.8. The van der Waals surface area contributed by atoms with Crippen LogP contribution >= 0.6 is 0 Å². The van der Waals surface area contributed by atoms with Gasteiger partial charge in [0.25, 0.3) is 0 Å². The van der Waals surface area contributed by atoms with Gasteiger partial charge in [0.1, 0.15) is 18.2 Å². The van der Waals surface area contributed by atoms with Crippen LogP contribution in [0.5, 0.6) is 11.5 Å². The molecule has 0 radical (unpaired) electrons. The highest BCUT2D eigenvalue weighted by Crippen LogP contribution is 2.67. The molecule has 3 aliphatic carbocycles. The topological polar surface area (TPSA) is 108 Å². The maximum Gasteiger partial charge on any atom is 0.303 e. The van der Waals surface area contributed by atoms with Gasteiger partial charge in [0.2, 0.25) is 5.91 Å². The molecule has 1 aromatic rings. The van der Waals surface area contributed by atoms with E-state index in [0.29, 0.717) is 42.0 Å². The van der Waals surface area contributed by atoms with E-state index in [1.165, 1.54) is 21.0 Å². The van der Waals surface area contributed by atoms with Gasteiger partial charge in [-0.15, -0.1) is 0 Å². The SMILES string of the molecule is COc1ccc2c3c1O[C@H]1C(OC(C)=O)CC[C@@]4(OC(C)=O)[C@@H](C2=O)N(C(=O)C2CC2)CC[C@]314. The quantitative estimate of drug-likeness (QED) is 0.616. The summed E-state index contributed by atoms with van der Waals surface area (Å²) in [6.45, 7) is 3.00. The second-order valence-corrected chi connectivity index (χ2v) is 10.0. The smallest absolute Gasteiger partial charge is 0.303 e. The number of hydrogen-bond acceptors (Lipinski definition) is 8. The summed E-state index contributed by atoms with van der Waals surface area (Å²) >= 11 is 0. The molecule has 1 spiro atoms. The van der Waals surface area contributed by atoms with Crippen molar-refractivity contribution in [1.82, 2.24) is 4.90 Å². The van der Waals surface area contributed by atoms with E-state index < -0.39 is 41.2 Å². The molecule has 1 saturated heterocycles. The monoisotopic (exact) mass is 469 g/mol. The fraction of sp³-hybridized carbons (Fsp3) is 0.600. The van der Waals surface area contributed by atoms with Gasteiger partial charge in [-0.25, -0.2) is 0 Å². The van der Waals surface area contributed by atoms with Gasteiger partial charge in [-0.05, 0) is 44.2 Å². The lowest BCUT2D eigenvalue weighted by Crippen LogP contribution is -2.80. The van der Waals surface area contributed by atoms with Crippen molar-refractivity contribution in [1.29, 1.82) is 0 Å². The number of esters is 2. The number of carbonyl (C=O) groups excluding carboxylic acids is 4. The Morgan fingerprint density at radius 1 is 1.09 bits per heavy atom. The van der Waals surface area contributed by atoms with E-state index in [1.807, 2.05) is 0 Å². The zero-order valence-corrected chi connectivity index (χ0v) is 19.4. The van der Waals surface area contributed by atoms with E-state index in [9.17, 15) is 19.2 Å². The van der Waals surface area contributed by atoms with Crippen molar-refractivity contribution in [3.05, 3.63) is 23.3 Å². The van der Waals surface area contributed by atoms with Crippen molar-refractivity contribution in [3.63, 3.8) is 0 Å². The first-order chi connectivity index (χ1) is 16.2. The summed E-state index contributed by atoms with van der Waals surface area (Å²) in [7, 11) is 1.52. The summed E-state index contributed by atoms with van der Waals surface area (Å²) in [5, 5.41) is 0. The third-order valence-electron chi connectivity index (χ3n) is 8.28. The third kappa shape index (κ3) is 2.50. The summed E-state index contributed by atoms with van der Waals surface area (Å²) in [4.78, 5) is 53.6. The lowest BCUT2D eigenvalue weighted by atomic mass is 9.48. The number of likely N-dealkylation sites (tertiary alicyclic amines) is 1. The van der Waals surface area contributed by atoms with E-state index in [1.54, 1.807) is 17.0 Å².